The summed E-state index contributed by atoms with van der Waals surface area (Å²) in [5, 5.41) is 0.692. The van der Waals surface area contributed by atoms with Gasteiger partial charge in [0, 0.05) is 25.4 Å². The van der Waals surface area contributed by atoms with Gasteiger partial charge in [0.1, 0.15) is 16.2 Å². The Morgan fingerprint density at radius 2 is 2.00 bits per heavy atom. The Balaban J connectivity index is 2.41. The Bertz CT molecular complexity index is 1100. The summed E-state index contributed by atoms with van der Waals surface area (Å²) in [6, 6.07) is 5.86. The Labute approximate surface area is 146 Å². The second-order valence-corrected chi connectivity index (χ2v) is 6.38. The molecule has 6 nitrogen and oxygen atoms in total. The third-order valence-corrected chi connectivity index (χ3v) is 4.66. The van der Waals surface area contributed by atoms with Crippen molar-refractivity contribution in [3.8, 4) is 11.4 Å². The zero-order valence-electron chi connectivity index (χ0n) is 13.7. The number of hydrogen-bond donors (Lipinski definition) is 0. The van der Waals surface area contributed by atoms with Crippen molar-refractivity contribution in [2.75, 3.05) is 5.75 Å². The van der Waals surface area contributed by atoms with Gasteiger partial charge in [0.05, 0.1) is 0 Å². The fraction of sp³-hybridized carbons (Fsp3) is 0.176. The molecule has 3 rings (SSSR count). The van der Waals surface area contributed by atoms with Crippen molar-refractivity contribution in [2.24, 2.45) is 14.1 Å². The molecule has 0 aliphatic carbocycles. The zero-order valence-corrected chi connectivity index (χ0v) is 14.5. The van der Waals surface area contributed by atoms with Crippen LogP contribution in [0.5, 0.6) is 0 Å². The molecule has 0 atom stereocenters. The molecule has 0 N–H and O–H groups in total. The number of aromatic nitrogens is 4. The van der Waals surface area contributed by atoms with E-state index in [2.05, 4.69) is 16.5 Å². The van der Waals surface area contributed by atoms with Crippen molar-refractivity contribution < 1.29 is 4.39 Å². The lowest BCUT2D eigenvalue weighted by Crippen LogP contribution is -2.37. The minimum Gasteiger partial charge on any atom is -0.280 e. The first-order valence-corrected chi connectivity index (χ1v) is 8.40. The van der Waals surface area contributed by atoms with Crippen LogP contribution < -0.4 is 11.2 Å². The average Bonchev–Trinajstić information content (AvgIpc) is 2.62. The summed E-state index contributed by atoms with van der Waals surface area (Å²) in [6.07, 6.45) is 1.69. The summed E-state index contributed by atoms with van der Waals surface area (Å²) in [6.45, 7) is 3.67. The molecule has 0 spiro atoms. The van der Waals surface area contributed by atoms with Crippen LogP contribution in [0.25, 0.3) is 22.4 Å². The topological polar surface area (TPSA) is 69.8 Å². The highest BCUT2D eigenvalue weighted by Crippen LogP contribution is 2.26. The van der Waals surface area contributed by atoms with Crippen LogP contribution in [0, 0.1) is 5.82 Å². The van der Waals surface area contributed by atoms with Crippen LogP contribution in [-0.2, 0) is 14.1 Å². The molecule has 0 aliphatic rings. The van der Waals surface area contributed by atoms with Gasteiger partial charge in [-0.1, -0.05) is 18.2 Å². The van der Waals surface area contributed by atoms with Crippen molar-refractivity contribution in [1.29, 1.82) is 0 Å². The molecular weight excluding hydrogens is 343 g/mol. The second-order valence-electron chi connectivity index (χ2n) is 5.37. The van der Waals surface area contributed by atoms with E-state index >= 15 is 0 Å². The molecule has 25 heavy (non-hydrogen) atoms. The first-order chi connectivity index (χ1) is 11.9. The first kappa shape index (κ1) is 17.1. The Hall–Kier alpha value is -2.74. The molecule has 0 aliphatic heterocycles. The monoisotopic (exact) mass is 358 g/mol. The highest BCUT2D eigenvalue weighted by Gasteiger charge is 2.18. The molecule has 2 heterocycles. The normalized spacial score (nSPS) is 11.0. The lowest BCUT2D eigenvalue weighted by Gasteiger charge is -2.11. The summed E-state index contributed by atoms with van der Waals surface area (Å²) >= 11 is 1.31. The van der Waals surface area contributed by atoms with E-state index in [-0.39, 0.29) is 16.9 Å². The third kappa shape index (κ3) is 3.00. The van der Waals surface area contributed by atoms with E-state index in [9.17, 15) is 14.0 Å². The largest absolute Gasteiger partial charge is 0.332 e. The van der Waals surface area contributed by atoms with Gasteiger partial charge in [0.15, 0.2) is 11.5 Å². The van der Waals surface area contributed by atoms with Crippen LogP contribution >= 0.6 is 11.8 Å². The molecule has 2 aromatic heterocycles. The number of halogens is 1. The first-order valence-electron chi connectivity index (χ1n) is 7.41. The number of thioether (sulfide) groups is 1. The molecule has 0 amide bonds. The summed E-state index contributed by atoms with van der Waals surface area (Å²) in [5.41, 5.74) is -0.263. The van der Waals surface area contributed by atoms with E-state index in [1.54, 1.807) is 18.2 Å². The van der Waals surface area contributed by atoms with Crippen molar-refractivity contribution in [1.82, 2.24) is 19.1 Å². The number of benzene rings is 1. The van der Waals surface area contributed by atoms with Crippen molar-refractivity contribution >= 4 is 22.8 Å². The maximum atomic E-state index is 13.5. The molecule has 0 fully saturated rings. The summed E-state index contributed by atoms with van der Waals surface area (Å²) in [7, 11) is 2.95. The van der Waals surface area contributed by atoms with Crippen molar-refractivity contribution in [3.63, 3.8) is 0 Å². The average molecular weight is 358 g/mol. The van der Waals surface area contributed by atoms with Gasteiger partial charge in [0.2, 0.25) is 0 Å². The van der Waals surface area contributed by atoms with Gasteiger partial charge >= 0.3 is 5.69 Å². The molecule has 0 unspecified atom stereocenters. The summed E-state index contributed by atoms with van der Waals surface area (Å²) < 4.78 is 15.9. The molecule has 1 aromatic carbocycles. The maximum Gasteiger partial charge on any atom is 0.332 e. The van der Waals surface area contributed by atoms with Crippen molar-refractivity contribution in [3.05, 3.63) is 63.6 Å². The minimum absolute atomic E-state index is 0.217. The molecule has 8 heteroatoms. The molecule has 3 aromatic rings. The highest BCUT2D eigenvalue weighted by atomic mass is 32.2. The van der Waals surface area contributed by atoms with Gasteiger partial charge in [-0.15, -0.1) is 18.3 Å². The Morgan fingerprint density at radius 3 is 2.68 bits per heavy atom. The SMILES string of the molecule is C=CCSc1nc(-c2cccc(F)c2)nc2c1c(=O)n(C)c(=O)n2C. The number of aryl methyl sites for hydroxylation is 1. The van der Waals surface area contributed by atoms with Crippen molar-refractivity contribution in [2.45, 2.75) is 5.03 Å². The fourth-order valence-electron chi connectivity index (χ4n) is 2.43. The summed E-state index contributed by atoms with van der Waals surface area (Å²) in [4.78, 5) is 33.6. The van der Waals surface area contributed by atoms with Crippen LogP contribution in [0.4, 0.5) is 4.39 Å². The third-order valence-electron chi connectivity index (χ3n) is 3.69. The molecule has 0 radical (unpaired) electrons. The van der Waals surface area contributed by atoms with E-state index in [0.717, 1.165) is 4.57 Å². The molecule has 0 bridgehead atoms. The van der Waals surface area contributed by atoms with Gasteiger partial charge in [-0.25, -0.2) is 19.2 Å². The summed E-state index contributed by atoms with van der Waals surface area (Å²) in [5.74, 6) is 0.363. The molecule has 0 saturated heterocycles. The van der Waals surface area contributed by atoms with Crippen LogP contribution in [0.1, 0.15) is 0 Å². The van der Waals surface area contributed by atoms with Crippen LogP contribution in [0.15, 0.2) is 51.5 Å². The number of hydrogen-bond acceptors (Lipinski definition) is 5. The Kier molecular flexibility index (Phi) is 4.54. The highest BCUT2D eigenvalue weighted by molar-refractivity contribution is 7.99. The van der Waals surface area contributed by atoms with E-state index in [1.165, 1.54) is 42.6 Å². The maximum absolute atomic E-state index is 13.5. The predicted octanol–water partition coefficient (Wildman–Crippen LogP) is 2.11. The van der Waals surface area contributed by atoms with E-state index < -0.39 is 17.1 Å². The number of fused-ring (bicyclic) bond motifs is 1. The zero-order chi connectivity index (χ0) is 18.1. The number of rotatable bonds is 4. The lowest BCUT2D eigenvalue weighted by atomic mass is 10.2. The lowest BCUT2D eigenvalue weighted by molar-refractivity contribution is 0.628. The molecule has 0 saturated carbocycles. The van der Waals surface area contributed by atoms with Gasteiger partial charge in [-0.2, -0.15) is 0 Å². The van der Waals surface area contributed by atoms with Gasteiger partial charge < -0.3 is 0 Å². The standard InChI is InChI=1S/C17H15FN4O2S/c1-4-8-25-15-12-14(21(2)17(24)22(3)16(12)23)19-13(20-15)10-6-5-7-11(18)9-10/h4-7,9H,1,8H2,2-3H3. The second kappa shape index (κ2) is 6.64. The van der Waals surface area contributed by atoms with Crippen LogP contribution in [0.2, 0.25) is 0 Å². The van der Waals surface area contributed by atoms with E-state index in [1.807, 2.05) is 0 Å². The smallest absolute Gasteiger partial charge is 0.280 e. The van der Waals surface area contributed by atoms with Gasteiger partial charge in [-0.3, -0.25) is 13.9 Å². The molecule has 128 valence electrons. The van der Waals surface area contributed by atoms with Crippen LogP contribution in [0.3, 0.4) is 0 Å². The quantitative estimate of drug-likeness (QED) is 0.406. The Morgan fingerprint density at radius 1 is 1.24 bits per heavy atom. The van der Waals surface area contributed by atoms with Gasteiger partial charge in [0.25, 0.3) is 5.56 Å². The van der Waals surface area contributed by atoms with E-state index in [0.29, 0.717) is 16.3 Å². The molecular formula is C17H15FN4O2S. The van der Waals surface area contributed by atoms with E-state index in [4.69, 9.17) is 0 Å². The number of nitrogens with zero attached hydrogens (tertiary/aromatic N) is 4. The fourth-order valence-corrected chi connectivity index (χ4v) is 3.18. The minimum atomic E-state index is -0.485. The predicted molar refractivity (Wildman–Crippen MR) is 96.3 cm³/mol. The van der Waals surface area contributed by atoms with Crippen LogP contribution in [-0.4, -0.2) is 24.9 Å². The van der Waals surface area contributed by atoms with Gasteiger partial charge in [-0.05, 0) is 12.1 Å².